The maximum absolute atomic E-state index is 13.6. The fraction of sp³-hybridized carbons (Fsp3) is 0.222. The lowest BCUT2D eigenvalue weighted by Crippen LogP contribution is -2.30. The molecule has 26 heavy (non-hydrogen) atoms. The number of rotatable bonds is 6. The van der Waals surface area contributed by atoms with Crippen LogP contribution in [0.1, 0.15) is 24.2 Å². The van der Waals surface area contributed by atoms with E-state index in [1.165, 1.54) is 13.0 Å². The molecule has 0 heterocycles. The molecule has 0 unspecified atom stereocenters. The Balaban J connectivity index is 2.09. The van der Waals surface area contributed by atoms with Crippen molar-refractivity contribution in [3.63, 3.8) is 0 Å². The summed E-state index contributed by atoms with van der Waals surface area (Å²) >= 11 is 0. The van der Waals surface area contributed by atoms with Crippen LogP contribution in [0, 0.1) is 11.6 Å². The Kier molecular flexibility index (Phi) is 6.57. The minimum absolute atomic E-state index is 0.0975. The number of hydrogen-bond acceptors (Lipinski definition) is 4. The summed E-state index contributed by atoms with van der Waals surface area (Å²) in [6.45, 7) is 3.03. The standard InChI is InChI=1S/C18H17F2NO4S/c1-3-26(24)16-7-5-4-6-13(16)18(23)25-11(2)17(22)21-15-9-8-12(19)10-14(15)20/h4-11H,3H2,1-2H3,(H,21,22)/t11-,26+/m1/s1. The molecule has 0 saturated carbocycles. The van der Waals surface area contributed by atoms with Crippen molar-refractivity contribution in [2.75, 3.05) is 11.1 Å². The first-order chi connectivity index (χ1) is 12.3. The van der Waals surface area contributed by atoms with Crippen molar-refractivity contribution in [2.24, 2.45) is 0 Å². The minimum Gasteiger partial charge on any atom is -0.449 e. The molecule has 0 aliphatic heterocycles. The molecule has 0 spiro atoms. The first-order valence-corrected chi connectivity index (χ1v) is 9.09. The molecule has 0 saturated heterocycles. The van der Waals surface area contributed by atoms with Crippen LogP contribution in [0.2, 0.25) is 0 Å². The van der Waals surface area contributed by atoms with E-state index in [1.807, 2.05) is 0 Å². The molecule has 0 fully saturated rings. The maximum Gasteiger partial charge on any atom is 0.340 e. The van der Waals surface area contributed by atoms with Crippen molar-refractivity contribution >= 4 is 28.4 Å². The van der Waals surface area contributed by atoms with Gasteiger partial charge in [0.05, 0.1) is 26.9 Å². The maximum atomic E-state index is 13.6. The fourth-order valence-electron chi connectivity index (χ4n) is 2.09. The highest BCUT2D eigenvalue weighted by Gasteiger charge is 2.22. The van der Waals surface area contributed by atoms with E-state index >= 15 is 0 Å². The van der Waals surface area contributed by atoms with Crippen LogP contribution in [0.4, 0.5) is 14.5 Å². The summed E-state index contributed by atoms with van der Waals surface area (Å²) in [4.78, 5) is 24.7. The van der Waals surface area contributed by atoms with E-state index in [-0.39, 0.29) is 11.3 Å². The largest absolute Gasteiger partial charge is 0.449 e. The number of benzene rings is 2. The molecule has 2 atom stereocenters. The normalized spacial score (nSPS) is 12.9. The molecule has 2 rings (SSSR count). The molecule has 0 radical (unpaired) electrons. The Labute approximate surface area is 151 Å². The van der Waals surface area contributed by atoms with Gasteiger partial charge in [-0.05, 0) is 31.2 Å². The van der Waals surface area contributed by atoms with Crippen molar-refractivity contribution in [3.8, 4) is 0 Å². The number of nitrogens with one attached hydrogen (secondary N) is 1. The van der Waals surface area contributed by atoms with Gasteiger partial charge in [-0.3, -0.25) is 9.00 Å². The minimum atomic E-state index is -1.37. The van der Waals surface area contributed by atoms with E-state index in [2.05, 4.69) is 5.32 Å². The molecular formula is C18H17F2NO4S. The van der Waals surface area contributed by atoms with Gasteiger partial charge >= 0.3 is 5.97 Å². The highest BCUT2D eigenvalue weighted by Crippen LogP contribution is 2.18. The van der Waals surface area contributed by atoms with Gasteiger partial charge in [0, 0.05) is 11.8 Å². The topological polar surface area (TPSA) is 72.5 Å². The zero-order valence-electron chi connectivity index (χ0n) is 14.1. The highest BCUT2D eigenvalue weighted by molar-refractivity contribution is 7.85. The molecule has 0 aliphatic carbocycles. The second kappa shape index (κ2) is 8.66. The van der Waals surface area contributed by atoms with Crippen LogP contribution in [-0.4, -0.2) is 27.9 Å². The van der Waals surface area contributed by atoms with Gasteiger partial charge in [-0.2, -0.15) is 0 Å². The Morgan fingerprint density at radius 1 is 1.19 bits per heavy atom. The number of ether oxygens (including phenoxy) is 1. The average molecular weight is 381 g/mol. The average Bonchev–Trinajstić information content (AvgIpc) is 2.63. The number of amides is 1. The van der Waals surface area contributed by atoms with E-state index in [0.717, 1.165) is 12.1 Å². The van der Waals surface area contributed by atoms with Crippen molar-refractivity contribution in [1.82, 2.24) is 0 Å². The van der Waals surface area contributed by atoms with E-state index < -0.39 is 40.4 Å². The van der Waals surface area contributed by atoms with Crippen LogP contribution in [0.5, 0.6) is 0 Å². The quantitative estimate of drug-likeness (QED) is 0.780. The Morgan fingerprint density at radius 2 is 1.88 bits per heavy atom. The van der Waals surface area contributed by atoms with Gasteiger partial charge < -0.3 is 10.1 Å². The molecule has 1 N–H and O–H groups in total. The van der Waals surface area contributed by atoms with Crippen molar-refractivity contribution in [1.29, 1.82) is 0 Å². The first kappa shape index (κ1) is 19.7. The molecule has 0 bridgehead atoms. The van der Waals surface area contributed by atoms with E-state index in [4.69, 9.17) is 4.74 Å². The summed E-state index contributed by atoms with van der Waals surface area (Å²) in [6, 6.07) is 8.92. The number of halogens is 2. The number of hydrogen-bond donors (Lipinski definition) is 1. The number of carbonyl (C=O) groups excluding carboxylic acids is 2. The van der Waals surface area contributed by atoms with Gasteiger partial charge in [0.15, 0.2) is 6.10 Å². The van der Waals surface area contributed by atoms with E-state index in [9.17, 15) is 22.6 Å². The van der Waals surface area contributed by atoms with Gasteiger partial charge in [-0.15, -0.1) is 0 Å². The van der Waals surface area contributed by atoms with E-state index in [1.54, 1.807) is 25.1 Å². The lowest BCUT2D eigenvalue weighted by molar-refractivity contribution is -0.123. The summed E-state index contributed by atoms with van der Waals surface area (Å²) in [6.07, 6.45) is -1.24. The number of carbonyl (C=O) groups is 2. The Hall–Kier alpha value is -2.61. The second-order valence-corrected chi connectivity index (χ2v) is 7.00. The summed E-state index contributed by atoms with van der Waals surface area (Å²) in [5.74, 6) is -2.99. The Morgan fingerprint density at radius 3 is 2.54 bits per heavy atom. The van der Waals surface area contributed by atoms with E-state index in [0.29, 0.717) is 16.7 Å². The predicted molar refractivity (Wildman–Crippen MR) is 93.3 cm³/mol. The van der Waals surface area contributed by atoms with Gasteiger partial charge in [0.1, 0.15) is 11.6 Å². The van der Waals surface area contributed by atoms with Crippen LogP contribution in [0.3, 0.4) is 0 Å². The predicted octanol–water partition coefficient (Wildman–Crippen LogP) is 3.28. The highest BCUT2D eigenvalue weighted by atomic mass is 32.2. The second-order valence-electron chi connectivity index (χ2n) is 5.29. The fourth-order valence-corrected chi connectivity index (χ4v) is 3.03. The first-order valence-electron chi connectivity index (χ1n) is 7.77. The van der Waals surface area contributed by atoms with Crippen molar-refractivity contribution in [2.45, 2.75) is 24.8 Å². The summed E-state index contributed by atoms with van der Waals surface area (Å²) in [5.41, 5.74) is -0.132. The smallest absolute Gasteiger partial charge is 0.340 e. The van der Waals surface area contributed by atoms with Gasteiger partial charge in [-0.1, -0.05) is 19.1 Å². The van der Waals surface area contributed by atoms with Crippen LogP contribution < -0.4 is 5.32 Å². The van der Waals surface area contributed by atoms with Gasteiger partial charge in [0.2, 0.25) is 0 Å². The molecular weight excluding hydrogens is 364 g/mol. The lowest BCUT2D eigenvalue weighted by atomic mass is 10.2. The Bertz CT molecular complexity index is 857. The van der Waals surface area contributed by atoms with Crippen molar-refractivity contribution < 1.29 is 27.3 Å². The van der Waals surface area contributed by atoms with Gasteiger partial charge in [-0.25, -0.2) is 13.6 Å². The molecule has 138 valence electrons. The molecule has 1 amide bonds. The zero-order chi connectivity index (χ0) is 19.3. The third-order valence-corrected chi connectivity index (χ3v) is 4.83. The molecule has 2 aromatic rings. The summed E-state index contributed by atoms with van der Waals surface area (Å²) in [5, 5.41) is 2.22. The van der Waals surface area contributed by atoms with Gasteiger partial charge in [0.25, 0.3) is 5.91 Å². The van der Waals surface area contributed by atoms with Crippen LogP contribution in [0.15, 0.2) is 47.4 Å². The molecule has 5 nitrogen and oxygen atoms in total. The molecule has 0 aromatic heterocycles. The van der Waals surface area contributed by atoms with Crippen molar-refractivity contribution in [3.05, 3.63) is 59.7 Å². The number of esters is 1. The molecule has 8 heteroatoms. The van der Waals surface area contributed by atoms with Crippen LogP contribution in [0.25, 0.3) is 0 Å². The monoisotopic (exact) mass is 381 g/mol. The zero-order valence-corrected chi connectivity index (χ0v) is 14.9. The third kappa shape index (κ3) is 4.72. The third-order valence-electron chi connectivity index (χ3n) is 3.46. The summed E-state index contributed by atoms with van der Waals surface area (Å²) in [7, 11) is -1.37. The molecule has 0 aliphatic rings. The van der Waals surface area contributed by atoms with Crippen LogP contribution in [-0.2, 0) is 20.3 Å². The van der Waals surface area contributed by atoms with Crippen LogP contribution >= 0.6 is 0 Å². The molecule has 2 aromatic carbocycles. The lowest BCUT2D eigenvalue weighted by Gasteiger charge is -2.15. The SMILES string of the molecule is CC[S@](=O)c1ccccc1C(=O)O[C@H](C)C(=O)Nc1ccc(F)cc1F. The number of anilines is 1. The summed E-state index contributed by atoms with van der Waals surface area (Å²) < 4.78 is 43.6.